The van der Waals surface area contributed by atoms with Crippen LogP contribution in [-0.4, -0.2) is 0 Å². The monoisotopic (exact) mass is 358 g/mol. The Balaban J connectivity index is -0.000000000833. The van der Waals surface area contributed by atoms with Crippen LogP contribution in [0.25, 0.3) is 0 Å². The Hall–Kier alpha value is 3.99. The molecule has 44 valence electrons. The topological polar surface area (TPSA) is 0 Å². The normalized spacial score (nSPS) is 1.17. The zero-order valence-corrected chi connectivity index (χ0v) is 11.1. The summed E-state index contributed by atoms with van der Waals surface area (Å²) in [7, 11) is 4.45. The van der Waals surface area contributed by atoms with Gasteiger partial charge in [0.2, 0.25) is 0 Å². The maximum Gasteiger partial charge on any atom is 1.00 e. The fourth-order valence-electron chi connectivity index (χ4n) is 0. The predicted octanol–water partition coefficient (Wildman–Crippen LogP) is -8.30. The average molecular weight is 361 g/mol. The first-order valence-electron chi connectivity index (χ1n) is 0.114. The molecular formula is Ag2Cl3K. The van der Waals surface area contributed by atoms with Crippen LogP contribution in [0.4, 0.5) is 0 Å². The Bertz CT molecular complexity index is 8.75. The van der Waals surface area contributed by atoms with Crippen molar-refractivity contribution >= 4 is 9.19 Å². The molecule has 0 atom stereocenters. The SMILES string of the molecule is [Ag+].[Cl-].[Cl-].[Cl][Ag].[K+]. The quantitative estimate of drug-likeness (QED) is 0.376. The van der Waals surface area contributed by atoms with E-state index in [1.165, 1.54) is 0 Å². The maximum absolute atomic E-state index is 4.45. The minimum Gasteiger partial charge on any atom is 1.00 e. The van der Waals surface area contributed by atoms with E-state index in [2.05, 4.69) is 29.2 Å². The third-order valence-corrected chi connectivity index (χ3v) is 0. The van der Waals surface area contributed by atoms with E-state index in [0.29, 0.717) is 0 Å². The molecule has 0 unspecified atom stereocenters. The molecule has 0 bridgehead atoms. The summed E-state index contributed by atoms with van der Waals surface area (Å²) in [5.74, 6) is 0. The van der Waals surface area contributed by atoms with Crippen LogP contribution >= 0.6 is 9.19 Å². The van der Waals surface area contributed by atoms with Crippen LogP contribution < -0.4 is 76.2 Å². The van der Waals surface area contributed by atoms with E-state index >= 15 is 0 Å². The van der Waals surface area contributed by atoms with Crippen molar-refractivity contribution in [3.8, 4) is 0 Å². The molecule has 0 heterocycles. The molecule has 6 heteroatoms. The summed E-state index contributed by atoms with van der Waals surface area (Å²) in [6.45, 7) is 0. The second-order valence-corrected chi connectivity index (χ2v) is 0. The van der Waals surface area contributed by atoms with Gasteiger partial charge in [-0.15, -0.1) is 0 Å². The van der Waals surface area contributed by atoms with Crippen molar-refractivity contribution in [2.75, 3.05) is 0 Å². The van der Waals surface area contributed by atoms with Gasteiger partial charge in [0.05, 0.1) is 0 Å². The summed E-state index contributed by atoms with van der Waals surface area (Å²) in [5, 5.41) is 0. The molecule has 0 radical (unpaired) electrons. The fraction of sp³-hybridized carbons (Fsp3) is 0. The van der Waals surface area contributed by atoms with Gasteiger partial charge < -0.3 is 24.8 Å². The Morgan fingerprint density at radius 2 is 1.00 bits per heavy atom. The average Bonchev–Trinajstić information content (AvgIpc) is 1.00. The summed E-state index contributed by atoms with van der Waals surface area (Å²) < 4.78 is 0. The summed E-state index contributed by atoms with van der Waals surface area (Å²) in [6.07, 6.45) is 0. The molecule has 0 aliphatic rings. The van der Waals surface area contributed by atoms with Crippen LogP contribution in [0.3, 0.4) is 0 Å². The summed E-state index contributed by atoms with van der Waals surface area (Å²) in [5.41, 5.74) is 0. The molecule has 0 saturated heterocycles. The Morgan fingerprint density at radius 3 is 1.00 bits per heavy atom. The summed E-state index contributed by atoms with van der Waals surface area (Å²) >= 11 is 2.42. The van der Waals surface area contributed by atoms with Crippen LogP contribution in [0.5, 0.6) is 0 Å². The van der Waals surface area contributed by atoms with Gasteiger partial charge in [0.1, 0.15) is 0 Å². The van der Waals surface area contributed by atoms with Crippen molar-refractivity contribution in [1.82, 2.24) is 0 Å². The zero-order valence-electron chi connectivity index (χ0n) is 2.74. The third kappa shape index (κ3) is 24.5. The number of hydrogen-bond acceptors (Lipinski definition) is 0. The molecule has 0 aromatic heterocycles. The third-order valence-electron chi connectivity index (χ3n) is 0. The van der Waals surface area contributed by atoms with Crippen LogP contribution in [0.1, 0.15) is 0 Å². The minimum atomic E-state index is 0. The van der Waals surface area contributed by atoms with Crippen LogP contribution in [-0.2, 0) is 42.4 Å². The zero-order chi connectivity index (χ0) is 2.00. The van der Waals surface area contributed by atoms with Crippen molar-refractivity contribution in [2.45, 2.75) is 0 Å². The first-order valence-corrected chi connectivity index (χ1v) is 2.02. The van der Waals surface area contributed by atoms with Gasteiger partial charge in [-0.1, -0.05) is 0 Å². The molecule has 0 nitrogen and oxygen atoms in total. The van der Waals surface area contributed by atoms with Crippen LogP contribution in [0, 0.1) is 0 Å². The summed E-state index contributed by atoms with van der Waals surface area (Å²) in [6, 6.07) is 0. The van der Waals surface area contributed by atoms with E-state index in [9.17, 15) is 0 Å². The second kappa shape index (κ2) is 36.1. The van der Waals surface area contributed by atoms with Crippen molar-refractivity contribution in [3.63, 3.8) is 0 Å². The molecule has 0 aliphatic heterocycles. The Kier molecular flexibility index (Phi) is 195. The molecule has 0 aliphatic carbocycles. The predicted molar refractivity (Wildman–Crippen MR) is 5.85 cm³/mol. The second-order valence-electron chi connectivity index (χ2n) is 0. The molecule has 0 fully saturated rings. The van der Waals surface area contributed by atoms with Crippen LogP contribution in [0.15, 0.2) is 0 Å². The maximum atomic E-state index is 4.45. The molecule has 0 amide bonds. The molecule has 0 aromatic rings. The smallest absolute Gasteiger partial charge is 1.00 e. The van der Waals surface area contributed by atoms with Gasteiger partial charge in [0.15, 0.2) is 0 Å². The number of rotatable bonds is 0. The van der Waals surface area contributed by atoms with Crippen molar-refractivity contribution in [2.24, 2.45) is 0 Å². The summed E-state index contributed by atoms with van der Waals surface area (Å²) in [4.78, 5) is 0. The van der Waals surface area contributed by atoms with Gasteiger partial charge in [-0.05, 0) is 0 Å². The van der Waals surface area contributed by atoms with Crippen molar-refractivity contribution in [1.29, 1.82) is 0 Å². The largest absolute Gasteiger partial charge is 1.00 e. The Morgan fingerprint density at radius 1 is 1.00 bits per heavy atom. The molecule has 0 N–H and O–H groups in total. The van der Waals surface area contributed by atoms with Gasteiger partial charge in [-0.3, -0.25) is 0 Å². The fourth-order valence-corrected chi connectivity index (χ4v) is 0. The van der Waals surface area contributed by atoms with Gasteiger partial charge >= 0.3 is 103 Å². The molecule has 0 spiro atoms. The van der Waals surface area contributed by atoms with E-state index in [-0.39, 0.29) is 98.6 Å². The van der Waals surface area contributed by atoms with E-state index in [0.717, 1.165) is 0 Å². The molecule has 0 rings (SSSR count). The number of hydrogen-bond donors (Lipinski definition) is 0. The first-order chi connectivity index (χ1) is 1.00. The molecule has 0 saturated carbocycles. The van der Waals surface area contributed by atoms with Crippen molar-refractivity contribution in [3.05, 3.63) is 0 Å². The first kappa shape index (κ1) is 32.4. The van der Waals surface area contributed by atoms with Gasteiger partial charge in [-0.25, -0.2) is 0 Å². The van der Waals surface area contributed by atoms with E-state index in [1.54, 1.807) is 0 Å². The van der Waals surface area contributed by atoms with E-state index < -0.39 is 0 Å². The van der Waals surface area contributed by atoms with E-state index in [4.69, 9.17) is 0 Å². The molecular weight excluding hydrogens is 361 g/mol. The minimum absolute atomic E-state index is 0. The van der Waals surface area contributed by atoms with Gasteiger partial charge in [0, 0.05) is 0 Å². The Labute approximate surface area is 124 Å². The molecule has 6 heavy (non-hydrogen) atoms. The standard InChI is InChI=1S/2Ag.3ClH.K/h;;3*1H;/q2*+1;;;;+1/p-3. The van der Waals surface area contributed by atoms with Crippen molar-refractivity contribution < 1.29 is 119 Å². The number of halogens is 3. The van der Waals surface area contributed by atoms with Gasteiger partial charge in [-0.2, -0.15) is 0 Å². The van der Waals surface area contributed by atoms with Gasteiger partial charge in [0.25, 0.3) is 0 Å². The molecule has 0 aromatic carbocycles. The van der Waals surface area contributed by atoms with E-state index in [1.807, 2.05) is 0 Å². The van der Waals surface area contributed by atoms with Crippen LogP contribution in [0.2, 0.25) is 0 Å².